The lowest BCUT2D eigenvalue weighted by atomic mass is 9.82. The van der Waals surface area contributed by atoms with Gasteiger partial charge in [0, 0.05) is 87.3 Å². The van der Waals surface area contributed by atoms with Crippen molar-refractivity contribution in [1.29, 1.82) is 0 Å². The molecular weight excluding hydrogens is 1240 g/mol. The van der Waals surface area contributed by atoms with E-state index in [0.717, 1.165) is 82.6 Å². The molecule has 0 fully saturated rings. The highest BCUT2D eigenvalue weighted by molar-refractivity contribution is 6.16. The molecule has 0 N–H and O–H groups in total. The van der Waals surface area contributed by atoms with Crippen molar-refractivity contribution in [1.82, 2.24) is 28.2 Å². The van der Waals surface area contributed by atoms with E-state index in [1.54, 1.807) is 0 Å². The molecule has 0 bridgehead atoms. The Bertz CT molecular complexity index is 7070. The number of fused-ring (bicyclic) bond motifs is 21. The van der Waals surface area contributed by atoms with Gasteiger partial charge in [0.25, 0.3) is 0 Å². The van der Waals surface area contributed by atoms with Crippen molar-refractivity contribution in [2.75, 3.05) is 0 Å². The second-order valence-electron chi connectivity index (χ2n) is 29.2. The van der Waals surface area contributed by atoms with E-state index in [4.69, 9.17) is 9.97 Å². The fourth-order valence-electron chi connectivity index (χ4n) is 18.3. The van der Waals surface area contributed by atoms with Crippen LogP contribution >= 0.6 is 0 Å². The minimum absolute atomic E-state index is 0.0970. The molecule has 5 heterocycles. The van der Waals surface area contributed by atoms with Gasteiger partial charge in [-0.3, -0.25) is 4.57 Å². The molecule has 6 nitrogen and oxygen atoms in total. The predicted molar refractivity (Wildman–Crippen MR) is 426 cm³/mol. The Balaban J connectivity index is 0.644. The highest BCUT2D eigenvalue weighted by Gasteiger charge is 2.37. The zero-order chi connectivity index (χ0) is 67.4. The van der Waals surface area contributed by atoms with Crippen molar-refractivity contribution < 1.29 is 0 Å². The molecule has 5 aromatic heterocycles. The van der Waals surface area contributed by atoms with Crippen molar-refractivity contribution in [3.05, 3.63) is 338 Å². The van der Waals surface area contributed by atoms with Gasteiger partial charge in [-0.05, 0) is 187 Å². The summed E-state index contributed by atoms with van der Waals surface area (Å²) >= 11 is 0. The van der Waals surface area contributed by atoms with E-state index in [2.05, 4.69) is 361 Å². The van der Waals surface area contributed by atoms with Crippen LogP contribution in [0.15, 0.2) is 315 Å². The number of rotatable bonds is 7. The van der Waals surface area contributed by atoms with E-state index in [1.165, 1.54) is 121 Å². The molecule has 0 amide bonds. The molecule has 6 heteroatoms. The van der Waals surface area contributed by atoms with Gasteiger partial charge in [-0.1, -0.05) is 228 Å². The van der Waals surface area contributed by atoms with Crippen LogP contribution in [0.5, 0.6) is 0 Å². The zero-order valence-electron chi connectivity index (χ0n) is 56.7. The largest absolute Gasteiger partial charge is 0.309 e. The number of hydrogen-bond acceptors (Lipinski definition) is 2. The highest BCUT2D eigenvalue weighted by Crippen LogP contribution is 2.52. The van der Waals surface area contributed by atoms with Crippen LogP contribution in [0.3, 0.4) is 0 Å². The van der Waals surface area contributed by atoms with E-state index in [-0.39, 0.29) is 10.8 Å². The normalized spacial score (nSPS) is 13.6. The van der Waals surface area contributed by atoms with Crippen molar-refractivity contribution >= 4 is 109 Å². The lowest BCUT2D eigenvalue weighted by Crippen LogP contribution is -2.15. The van der Waals surface area contributed by atoms with Crippen LogP contribution in [0.2, 0.25) is 0 Å². The molecule has 2 aliphatic carbocycles. The summed E-state index contributed by atoms with van der Waals surface area (Å²) in [4.78, 5) is 11.3. The summed E-state index contributed by atoms with van der Waals surface area (Å²) in [6.07, 6.45) is 0. The fraction of sp³-hybridized carbons (Fsp3) is 0.0625. The molecule has 0 saturated carbocycles. The standard InChI is InChI=1S/C96H64N6/c1-95(2)80-28-14-8-22-67(80)69-44-40-64(55-82(69)95)100-85-31-17-11-25-72(85)77-52-59(36-47-89(77)100)58-35-46-88-76(51-58)71-24-10-16-30-84(71)99(88)63-39-43-66-62(50-63)34-42-75-92(57-20-6-5-7-21-57)97-94(98-93(66)75)102-87-33-19-13-27-74(87)79-54-61(38-49-91(79)102)60-37-48-90-78(53-60)73-26-12-18-32-86(73)101(90)65-41-45-70-68-23-9-15-29-81(68)96(3,4)83(70)56-65/h5-56H,1-4H3. The van der Waals surface area contributed by atoms with Crippen LogP contribution < -0.4 is 0 Å². The van der Waals surface area contributed by atoms with E-state index in [1.807, 2.05) is 0 Å². The molecule has 0 radical (unpaired) electrons. The first-order valence-electron chi connectivity index (χ1n) is 35.5. The summed E-state index contributed by atoms with van der Waals surface area (Å²) < 4.78 is 9.63. The first-order valence-corrected chi connectivity index (χ1v) is 35.5. The molecule has 22 rings (SSSR count). The van der Waals surface area contributed by atoms with Gasteiger partial charge in [-0.2, -0.15) is 0 Å². The topological polar surface area (TPSA) is 45.5 Å². The fourth-order valence-corrected chi connectivity index (χ4v) is 18.3. The summed E-state index contributed by atoms with van der Waals surface area (Å²) in [6.45, 7) is 9.45. The van der Waals surface area contributed by atoms with E-state index >= 15 is 0 Å². The molecule has 15 aromatic carbocycles. The van der Waals surface area contributed by atoms with Crippen LogP contribution in [0, 0.1) is 0 Å². The molecule has 20 aromatic rings. The number of hydrogen-bond donors (Lipinski definition) is 0. The van der Waals surface area contributed by atoms with E-state index in [0.29, 0.717) is 5.95 Å². The average Bonchev–Trinajstić information content (AvgIpc) is 1.52. The highest BCUT2D eigenvalue weighted by atomic mass is 15.2. The molecule has 2 aliphatic rings. The molecule has 478 valence electrons. The molecule has 102 heavy (non-hydrogen) atoms. The van der Waals surface area contributed by atoms with Crippen LogP contribution in [0.25, 0.3) is 188 Å². The Hall–Kier alpha value is -12.9. The molecule has 0 atom stereocenters. The summed E-state index contributed by atoms with van der Waals surface area (Å²) in [6, 6.07) is 117. The minimum atomic E-state index is -0.104. The van der Waals surface area contributed by atoms with Crippen molar-refractivity contribution in [3.63, 3.8) is 0 Å². The summed E-state index contributed by atoms with van der Waals surface area (Å²) in [5, 5.41) is 12.8. The quantitative estimate of drug-likeness (QED) is 0.149. The molecule has 0 spiro atoms. The van der Waals surface area contributed by atoms with Gasteiger partial charge in [0.15, 0.2) is 0 Å². The van der Waals surface area contributed by atoms with Gasteiger partial charge < -0.3 is 13.7 Å². The maximum Gasteiger partial charge on any atom is 0.235 e. The summed E-state index contributed by atoms with van der Waals surface area (Å²) in [5.41, 5.74) is 30.8. The van der Waals surface area contributed by atoms with Crippen molar-refractivity contribution in [3.8, 4) is 78.8 Å². The predicted octanol–water partition coefficient (Wildman–Crippen LogP) is 24.8. The second-order valence-corrected chi connectivity index (χ2v) is 29.2. The number of aromatic nitrogens is 6. The Morgan fingerprint density at radius 3 is 1.04 bits per heavy atom. The first-order chi connectivity index (χ1) is 50.1. The first kappa shape index (κ1) is 57.0. The third-order valence-electron chi connectivity index (χ3n) is 23.2. The number of para-hydroxylation sites is 4. The molecular formula is C96H64N6. The maximum absolute atomic E-state index is 5.69. The van der Waals surface area contributed by atoms with Gasteiger partial charge in [-0.15, -0.1) is 0 Å². The van der Waals surface area contributed by atoms with Gasteiger partial charge in [0.2, 0.25) is 5.95 Å². The summed E-state index contributed by atoms with van der Waals surface area (Å²) in [7, 11) is 0. The summed E-state index contributed by atoms with van der Waals surface area (Å²) in [5.74, 6) is 0.628. The maximum atomic E-state index is 5.69. The Morgan fingerprint density at radius 1 is 0.225 bits per heavy atom. The van der Waals surface area contributed by atoms with Crippen molar-refractivity contribution in [2.45, 2.75) is 38.5 Å². The van der Waals surface area contributed by atoms with E-state index < -0.39 is 0 Å². The smallest absolute Gasteiger partial charge is 0.235 e. The average molecular weight is 1300 g/mol. The lowest BCUT2D eigenvalue weighted by molar-refractivity contribution is 0.660. The molecule has 0 aliphatic heterocycles. The lowest BCUT2D eigenvalue weighted by Gasteiger charge is -2.22. The zero-order valence-corrected chi connectivity index (χ0v) is 56.7. The number of benzene rings is 15. The Labute approximate surface area is 588 Å². The van der Waals surface area contributed by atoms with E-state index in [9.17, 15) is 0 Å². The Kier molecular flexibility index (Phi) is 11.7. The van der Waals surface area contributed by atoms with Crippen LogP contribution in [0.1, 0.15) is 49.9 Å². The third-order valence-corrected chi connectivity index (χ3v) is 23.2. The second kappa shape index (κ2) is 20.8. The van der Waals surface area contributed by atoms with Gasteiger partial charge in [-0.25, -0.2) is 9.97 Å². The minimum Gasteiger partial charge on any atom is -0.309 e. The molecule has 0 unspecified atom stereocenters. The Morgan fingerprint density at radius 2 is 0.578 bits per heavy atom. The molecule has 0 saturated heterocycles. The number of nitrogens with zero attached hydrogens (tertiary/aromatic N) is 6. The van der Waals surface area contributed by atoms with Gasteiger partial charge in [0.05, 0.1) is 55.3 Å². The van der Waals surface area contributed by atoms with Crippen LogP contribution in [-0.4, -0.2) is 28.2 Å². The third kappa shape index (κ3) is 7.94. The SMILES string of the molecule is CC1(C)c2ccccc2-c2ccc(-n3c4ccccc4c4cc(-c5ccc6c(c5)c5ccccc5n6-c5ccc6c(ccc7c(-c8ccccc8)nc(-n8c9ccccc9c9cc(-c%10ccc%11c(c%10)c%10ccccc%10n%11-c%10ccc%11c(c%10)C(C)(C)c%10ccccc%10-%11)ccc98)nc76)c5)ccc43)cc21. The van der Waals surface area contributed by atoms with Crippen LogP contribution in [0.4, 0.5) is 0 Å². The van der Waals surface area contributed by atoms with Gasteiger partial charge >= 0.3 is 0 Å². The van der Waals surface area contributed by atoms with Crippen molar-refractivity contribution in [2.24, 2.45) is 0 Å². The van der Waals surface area contributed by atoms with Gasteiger partial charge in [0.1, 0.15) is 0 Å². The monoisotopic (exact) mass is 1300 g/mol. The van der Waals surface area contributed by atoms with Crippen LogP contribution in [-0.2, 0) is 10.8 Å².